The standard InChI is InChI=1S/C28H31NO5/c1-4-33-24-13-9-8-12-21(24)26-25(28(31)34-15-14-32-3)18(2)29-22-16-20(17-23(30)27(22)26)19-10-6-5-7-11-19/h5-13,20,26-27H,4,14-17H2,1-3H3/t20-,26+,27?/m1/s1. The molecule has 0 radical (unpaired) electrons. The van der Waals surface area contributed by atoms with Gasteiger partial charge in [0.2, 0.25) is 0 Å². The fourth-order valence-corrected chi connectivity index (χ4v) is 5.06. The molecule has 178 valence electrons. The molecule has 0 saturated heterocycles. The minimum atomic E-state index is -0.518. The number of rotatable bonds is 8. The minimum absolute atomic E-state index is 0.0782. The highest BCUT2D eigenvalue weighted by Crippen LogP contribution is 2.48. The van der Waals surface area contributed by atoms with E-state index in [-0.39, 0.29) is 18.3 Å². The molecule has 0 bridgehead atoms. The van der Waals surface area contributed by atoms with Crippen molar-refractivity contribution in [1.29, 1.82) is 0 Å². The smallest absolute Gasteiger partial charge is 0.336 e. The molecule has 6 nitrogen and oxygen atoms in total. The second-order valence-electron chi connectivity index (χ2n) is 8.64. The van der Waals surface area contributed by atoms with Gasteiger partial charge in [-0.05, 0) is 37.8 Å². The lowest BCUT2D eigenvalue weighted by Gasteiger charge is -2.38. The lowest BCUT2D eigenvalue weighted by atomic mass is 9.66. The van der Waals surface area contributed by atoms with E-state index in [1.54, 1.807) is 7.11 Å². The lowest BCUT2D eigenvalue weighted by Crippen LogP contribution is -2.41. The van der Waals surface area contributed by atoms with Crippen molar-refractivity contribution < 1.29 is 23.8 Å². The first-order valence-electron chi connectivity index (χ1n) is 11.8. The Morgan fingerprint density at radius 3 is 2.47 bits per heavy atom. The molecule has 2 aromatic carbocycles. The molecule has 4 rings (SSSR count). The number of benzene rings is 2. The monoisotopic (exact) mass is 461 g/mol. The van der Waals surface area contributed by atoms with Gasteiger partial charge in [-0.3, -0.25) is 9.79 Å². The molecule has 34 heavy (non-hydrogen) atoms. The van der Waals surface area contributed by atoms with Gasteiger partial charge in [0.15, 0.2) is 0 Å². The summed E-state index contributed by atoms with van der Waals surface area (Å²) in [5.41, 5.74) is 3.78. The summed E-state index contributed by atoms with van der Waals surface area (Å²) in [7, 11) is 1.56. The molecule has 0 aromatic heterocycles. The summed E-state index contributed by atoms with van der Waals surface area (Å²) < 4.78 is 16.4. The summed E-state index contributed by atoms with van der Waals surface area (Å²) in [6, 6.07) is 17.7. The van der Waals surface area contributed by atoms with Gasteiger partial charge >= 0.3 is 5.97 Å². The van der Waals surface area contributed by atoms with Crippen LogP contribution in [0, 0.1) is 5.92 Å². The number of esters is 1. The van der Waals surface area contributed by atoms with E-state index >= 15 is 0 Å². The van der Waals surface area contributed by atoms with Crippen LogP contribution in [0.25, 0.3) is 0 Å². The summed E-state index contributed by atoms with van der Waals surface area (Å²) in [4.78, 5) is 31.7. The van der Waals surface area contributed by atoms with E-state index in [4.69, 9.17) is 19.2 Å². The molecule has 2 aliphatic rings. The Bertz CT molecular complexity index is 1100. The van der Waals surface area contributed by atoms with Crippen LogP contribution in [0.4, 0.5) is 0 Å². The van der Waals surface area contributed by atoms with Crippen molar-refractivity contribution in [3.05, 3.63) is 77.0 Å². The number of carbonyl (C=O) groups is 2. The molecule has 1 saturated carbocycles. The Morgan fingerprint density at radius 1 is 1.00 bits per heavy atom. The van der Waals surface area contributed by atoms with E-state index in [9.17, 15) is 9.59 Å². The van der Waals surface area contributed by atoms with Gasteiger partial charge in [-0.15, -0.1) is 0 Å². The van der Waals surface area contributed by atoms with Crippen molar-refractivity contribution in [3.8, 4) is 5.75 Å². The SMILES string of the molecule is CCOc1ccccc1[C@H]1C(C(=O)OCCOC)=C(C)N=C2C[C@@H](c3ccccc3)CC(=O)C21. The molecular formula is C28H31NO5. The van der Waals surface area contributed by atoms with Crippen LogP contribution in [-0.2, 0) is 19.1 Å². The van der Waals surface area contributed by atoms with Gasteiger partial charge in [0.05, 0.1) is 24.7 Å². The zero-order valence-corrected chi connectivity index (χ0v) is 20.0. The summed E-state index contributed by atoms with van der Waals surface area (Å²) in [5.74, 6) is -0.653. The third-order valence-electron chi connectivity index (χ3n) is 6.52. The van der Waals surface area contributed by atoms with Crippen molar-refractivity contribution in [3.63, 3.8) is 0 Å². The van der Waals surface area contributed by atoms with Gasteiger partial charge in [0.25, 0.3) is 0 Å². The molecule has 3 atom stereocenters. The highest BCUT2D eigenvalue weighted by molar-refractivity contribution is 6.12. The summed E-state index contributed by atoms with van der Waals surface area (Å²) in [6.07, 6.45) is 1.09. The topological polar surface area (TPSA) is 74.2 Å². The largest absolute Gasteiger partial charge is 0.494 e. The molecule has 0 N–H and O–H groups in total. The first kappa shape index (κ1) is 23.9. The molecule has 2 aromatic rings. The van der Waals surface area contributed by atoms with Crippen LogP contribution in [0.15, 0.2) is 70.9 Å². The lowest BCUT2D eigenvalue weighted by molar-refractivity contribution is -0.140. The molecule has 1 heterocycles. The van der Waals surface area contributed by atoms with E-state index in [0.717, 1.165) is 16.8 Å². The van der Waals surface area contributed by atoms with E-state index in [1.807, 2.05) is 56.3 Å². The number of hydrogen-bond donors (Lipinski definition) is 0. The highest BCUT2D eigenvalue weighted by atomic mass is 16.6. The van der Waals surface area contributed by atoms with Crippen LogP contribution < -0.4 is 4.74 Å². The molecule has 6 heteroatoms. The Hall–Kier alpha value is -3.25. The van der Waals surface area contributed by atoms with Crippen LogP contribution in [0.5, 0.6) is 5.75 Å². The Labute approximate surface area is 200 Å². The summed E-state index contributed by atoms with van der Waals surface area (Å²) in [5, 5.41) is 0. The van der Waals surface area contributed by atoms with Gasteiger partial charge < -0.3 is 14.2 Å². The maximum absolute atomic E-state index is 13.7. The first-order valence-corrected chi connectivity index (χ1v) is 11.8. The maximum atomic E-state index is 13.7. The molecule has 0 amide bonds. The van der Waals surface area contributed by atoms with Crippen molar-refractivity contribution in [1.82, 2.24) is 0 Å². The highest BCUT2D eigenvalue weighted by Gasteiger charge is 2.46. The number of fused-ring (bicyclic) bond motifs is 1. The number of para-hydroxylation sites is 1. The van der Waals surface area contributed by atoms with E-state index < -0.39 is 17.8 Å². The maximum Gasteiger partial charge on any atom is 0.336 e. The molecule has 1 unspecified atom stereocenters. The minimum Gasteiger partial charge on any atom is -0.494 e. The third kappa shape index (κ3) is 4.82. The first-order chi connectivity index (χ1) is 16.5. The van der Waals surface area contributed by atoms with Crippen molar-refractivity contribution in [2.45, 2.75) is 38.5 Å². The number of ketones is 1. The zero-order chi connectivity index (χ0) is 24.1. The van der Waals surface area contributed by atoms with E-state index in [0.29, 0.717) is 43.1 Å². The van der Waals surface area contributed by atoms with Crippen molar-refractivity contribution in [2.24, 2.45) is 10.9 Å². The second-order valence-corrected chi connectivity index (χ2v) is 8.64. The Morgan fingerprint density at radius 2 is 1.74 bits per heavy atom. The van der Waals surface area contributed by atoms with Crippen LogP contribution in [0.2, 0.25) is 0 Å². The van der Waals surface area contributed by atoms with Crippen LogP contribution >= 0.6 is 0 Å². The quantitative estimate of drug-likeness (QED) is 0.415. The van der Waals surface area contributed by atoms with E-state index in [2.05, 4.69) is 12.1 Å². The van der Waals surface area contributed by atoms with Gasteiger partial charge in [-0.2, -0.15) is 0 Å². The number of carbonyl (C=O) groups excluding carboxylic acids is 2. The van der Waals surface area contributed by atoms with Crippen LogP contribution in [0.1, 0.15) is 49.7 Å². The fourth-order valence-electron chi connectivity index (χ4n) is 5.06. The molecular weight excluding hydrogens is 430 g/mol. The van der Waals surface area contributed by atoms with Gasteiger partial charge in [0.1, 0.15) is 18.1 Å². The van der Waals surface area contributed by atoms with E-state index in [1.165, 1.54) is 0 Å². The second kappa shape index (κ2) is 10.8. The summed E-state index contributed by atoms with van der Waals surface area (Å²) in [6.45, 7) is 4.66. The normalized spacial score (nSPS) is 22.1. The number of nitrogens with zero attached hydrogens (tertiary/aromatic N) is 1. The average Bonchev–Trinajstić information content (AvgIpc) is 2.84. The molecule has 1 aliphatic heterocycles. The zero-order valence-electron chi connectivity index (χ0n) is 20.0. The van der Waals surface area contributed by atoms with Gasteiger partial charge in [-0.25, -0.2) is 4.79 Å². The predicted molar refractivity (Wildman–Crippen MR) is 130 cm³/mol. The van der Waals surface area contributed by atoms with Gasteiger partial charge in [-0.1, -0.05) is 48.5 Å². The number of allylic oxidation sites excluding steroid dienone is 1. The Kier molecular flexibility index (Phi) is 7.58. The third-order valence-corrected chi connectivity index (χ3v) is 6.52. The molecule has 1 fully saturated rings. The Balaban J connectivity index is 1.78. The number of Topliss-reactive ketones (excluding diaryl/α,β-unsaturated/α-hetero) is 1. The number of aliphatic imine (C=N–C) groups is 1. The number of methoxy groups -OCH3 is 1. The predicted octanol–water partition coefficient (Wildman–Crippen LogP) is 4.85. The number of ether oxygens (including phenoxy) is 3. The molecule has 0 spiro atoms. The van der Waals surface area contributed by atoms with Gasteiger partial charge in [0, 0.05) is 36.4 Å². The number of hydrogen-bond acceptors (Lipinski definition) is 6. The van der Waals surface area contributed by atoms with Crippen molar-refractivity contribution in [2.75, 3.05) is 26.9 Å². The average molecular weight is 462 g/mol. The van der Waals surface area contributed by atoms with Crippen LogP contribution in [-0.4, -0.2) is 44.4 Å². The van der Waals surface area contributed by atoms with Crippen LogP contribution in [0.3, 0.4) is 0 Å². The summed E-state index contributed by atoms with van der Waals surface area (Å²) >= 11 is 0. The fraction of sp³-hybridized carbons (Fsp3) is 0.393. The molecule has 1 aliphatic carbocycles. The van der Waals surface area contributed by atoms with Crippen molar-refractivity contribution >= 4 is 17.5 Å².